The normalized spacial score (nSPS) is 11.2. The van der Waals surface area contributed by atoms with Crippen molar-refractivity contribution in [2.24, 2.45) is 5.92 Å². The Labute approximate surface area is 461 Å². The molecular weight excluding hydrogens is 969 g/mol. The Morgan fingerprint density at radius 2 is 0.961 bits per heavy atom. The first-order chi connectivity index (χ1) is 37.0. The number of phenols is 2. The predicted octanol–water partition coefficient (Wildman–Crippen LogP) is 12.2. The predicted molar refractivity (Wildman–Crippen MR) is 314 cm³/mol. The van der Waals surface area contributed by atoms with E-state index in [4.69, 9.17) is 9.47 Å². The number of hydrogen-bond acceptors (Lipinski definition) is 10. The number of aryl methyl sites for hydroxylation is 4. The van der Waals surface area contributed by atoms with Gasteiger partial charge in [0, 0.05) is 50.4 Å². The van der Waals surface area contributed by atoms with Gasteiger partial charge in [-0.1, -0.05) is 127 Å². The van der Waals surface area contributed by atoms with Gasteiger partial charge in [-0.05, 0) is 143 Å². The average molecular weight is 1060 g/mol. The molecule has 0 atom stereocenters. The van der Waals surface area contributed by atoms with Gasteiger partial charge in [-0.3, -0.25) is 29.0 Å². The molecule has 4 aromatic rings. The molecule has 0 saturated carbocycles. The highest BCUT2D eigenvalue weighted by molar-refractivity contribution is 5.94. The quantitative estimate of drug-likeness (QED) is 0.0192. The summed E-state index contributed by atoms with van der Waals surface area (Å²) in [5.41, 5.74) is 7.71. The summed E-state index contributed by atoms with van der Waals surface area (Å²) in [6.07, 6.45) is 16.6. The molecule has 14 heteroatoms. The van der Waals surface area contributed by atoms with E-state index < -0.39 is 0 Å². The van der Waals surface area contributed by atoms with Gasteiger partial charge in [-0.15, -0.1) is 0 Å². The Kier molecular flexibility index (Phi) is 31.5. The molecule has 0 aliphatic rings. The lowest BCUT2D eigenvalue weighted by molar-refractivity contribution is -0.122. The van der Waals surface area contributed by atoms with Gasteiger partial charge in [0.25, 0.3) is 0 Å². The fourth-order valence-corrected chi connectivity index (χ4v) is 8.55. The molecule has 0 radical (unpaired) electrons. The summed E-state index contributed by atoms with van der Waals surface area (Å²) in [7, 11) is 0. The number of nitrogens with one attached hydrogen (secondary N) is 4. The molecule has 0 aliphatic carbocycles. The highest BCUT2D eigenvalue weighted by atomic mass is 16.5. The van der Waals surface area contributed by atoms with Crippen LogP contribution in [0.25, 0.3) is 0 Å². The largest absolute Gasteiger partial charge is 0.504 e. The molecule has 0 unspecified atom stereocenters. The second-order valence-electron chi connectivity index (χ2n) is 20.4. The summed E-state index contributed by atoms with van der Waals surface area (Å²) >= 11 is 0. The van der Waals surface area contributed by atoms with Crippen molar-refractivity contribution >= 4 is 35.0 Å². The lowest BCUT2D eigenvalue weighted by Gasteiger charge is -2.21. The van der Waals surface area contributed by atoms with Crippen LogP contribution in [0.2, 0.25) is 0 Å². The van der Waals surface area contributed by atoms with Crippen LogP contribution >= 0.6 is 0 Å². The molecule has 0 fully saturated rings. The lowest BCUT2D eigenvalue weighted by atomic mass is 10.1. The topological polar surface area (TPSA) is 182 Å². The molecule has 0 bridgehead atoms. The molecule has 424 valence electrons. The zero-order valence-corrected chi connectivity index (χ0v) is 48.2. The van der Waals surface area contributed by atoms with E-state index >= 15 is 0 Å². The van der Waals surface area contributed by atoms with Crippen molar-refractivity contribution < 1.29 is 38.9 Å². The van der Waals surface area contributed by atoms with Crippen LogP contribution in [0, 0.1) is 33.6 Å². The number of anilines is 2. The summed E-state index contributed by atoms with van der Waals surface area (Å²) in [4.78, 5) is 53.7. The third-order valence-corrected chi connectivity index (χ3v) is 13.2. The van der Waals surface area contributed by atoms with Gasteiger partial charge in [-0.2, -0.15) is 0 Å². The van der Waals surface area contributed by atoms with Crippen molar-refractivity contribution in [3.8, 4) is 23.0 Å². The number of unbranched alkanes of at least 4 members (excludes halogenated alkanes) is 7. The highest BCUT2D eigenvalue weighted by Gasteiger charge is 2.15. The Hall–Kier alpha value is -6.38. The number of nitrogens with zero attached hydrogens (tertiary/aromatic N) is 2. The van der Waals surface area contributed by atoms with Crippen molar-refractivity contribution in [3.05, 3.63) is 118 Å². The van der Waals surface area contributed by atoms with E-state index in [1.165, 1.54) is 25.7 Å². The number of rotatable bonds is 35. The van der Waals surface area contributed by atoms with E-state index in [2.05, 4.69) is 64.0 Å². The van der Waals surface area contributed by atoms with Crippen LogP contribution in [0.5, 0.6) is 23.0 Å². The summed E-state index contributed by atoms with van der Waals surface area (Å²) in [6.45, 7) is 23.7. The Bertz CT molecular complexity index is 2380. The maximum Gasteiger partial charge on any atom is 0.238 e. The van der Waals surface area contributed by atoms with Crippen LogP contribution in [0.1, 0.15) is 151 Å². The molecule has 0 heterocycles. The van der Waals surface area contributed by atoms with Gasteiger partial charge < -0.3 is 41.0 Å². The Balaban J connectivity index is 0.000000405. The summed E-state index contributed by atoms with van der Waals surface area (Å²) in [5.74, 6) is 1.52. The molecule has 4 rings (SSSR count). The van der Waals surface area contributed by atoms with Crippen LogP contribution in [-0.2, 0) is 32.3 Å². The second-order valence-corrected chi connectivity index (χ2v) is 20.4. The van der Waals surface area contributed by atoms with Gasteiger partial charge >= 0.3 is 0 Å². The number of likely N-dealkylation sites (N-methyl/N-ethyl adjacent to an activating group) is 2. The lowest BCUT2D eigenvalue weighted by Crippen LogP contribution is -2.34. The first kappa shape index (κ1) is 64.9. The van der Waals surface area contributed by atoms with E-state index in [0.717, 1.165) is 89.9 Å². The first-order valence-electron chi connectivity index (χ1n) is 28.3. The fourth-order valence-electron chi connectivity index (χ4n) is 8.55. The minimum Gasteiger partial charge on any atom is -0.504 e. The number of para-hydroxylation sites is 2. The van der Waals surface area contributed by atoms with E-state index in [1.54, 1.807) is 36.4 Å². The minimum absolute atomic E-state index is 0.0275. The number of aromatic hydroxyl groups is 2. The van der Waals surface area contributed by atoms with Gasteiger partial charge in [0.05, 0.1) is 26.3 Å². The first-order valence-corrected chi connectivity index (χ1v) is 28.3. The number of phenolic OH excluding ortho intramolecular Hbond substituents is 2. The maximum atomic E-state index is 12.6. The number of benzene rings is 4. The molecule has 6 N–H and O–H groups in total. The smallest absolute Gasteiger partial charge is 0.238 e. The molecule has 4 amide bonds. The number of carbonyl (C=O) groups excluding carboxylic acids is 4. The highest BCUT2D eigenvalue weighted by Crippen LogP contribution is 2.29. The molecule has 0 saturated heterocycles. The third kappa shape index (κ3) is 27.0. The van der Waals surface area contributed by atoms with E-state index in [1.807, 2.05) is 77.9 Å². The van der Waals surface area contributed by atoms with Crippen LogP contribution in [0.4, 0.5) is 11.4 Å². The van der Waals surface area contributed by atoms with Crippen LogP contribution in [0.3, 0.4) is 0 Å². The van der Waals surface area contributed by atoms with Gasteiger partial charge in [0.1, 0.15) is 0 Å². The monoisotopic (exact) mass is 1060 g/mol. The number of ether oxygens (including phenoxy) is 2. The fraction of sp³-hybridized carbons (Fsp3) is 0.524. The van der Waals surface area contributed by atoms with E-state index in [0.29, 0.717) is 95.6 Å². The van der Waals surface area contributed by atoms with E-state index in [-0.39, 0.29) is 35.1 Å². The average Bonchev–Trinajstić information content (AvgIpc) is 3.40. The molecule has 4 aromatic carbocycles. The van der Waals surface area contributed by atoms with Gasteiger partial charge in [0.15, 0.2) is 23.0 Å². The van der Waals surface area contributed by atoms with Crippen molar-refractivity contribution in [1.82, 2.24) is 20.4 Å². The zero-order valence-electron chi connectivity index (χ0n) is 48.2. The zero-order chi connectivity index (χ0) is 56.4. The third-order valence-electron chi connectivity index (χ3n) is 13.2. The maximum absolute atomic E-state index is 12.6. The number of allylic oxidation sites excluding steroid dienone is 2. The number of amides is 4. The van der Waals surface area contributed by atoms with Gasteiger partial charge in [-0.25, -0.2) is 0 Å². The molecule has 0 spiro atoms. The summed E-state index contributed by atoms with van der Waals surface area (Å²) in [5, 5.41) is 32.4. The van der Waals surface area contributed by atoms with Crippen LogP contribution in [-0.4, -0.2) is 96.1 Å². The SMILES string of the molecule is CCCCCCCCC(=O)NCc1ccc(O)c(OCCCN(CC)CC(=O)Nc2c(C)cccc2C)c1.CCN(CCCOc1cc(CNC(=O)CCCC/C=C/C(C)C)ccc1O)CC(=O)Nc1c(C)cccc1C. The Morgan fingerprint density at radius 3 is 1.38 bits per heavy atom. The minimum atomic E-state index is -0.0366. The molecule has 77 heavy (non-hydrogen) atoms. The molecule has 14 nitrogen and oxygen atoms in total. The number of hydrogen-bond donors (Lipinski definition) is 6. The molecule has 0 aromatic heterocycles. The number of carbonyl (C=O) groups is 4. The second kappa shape index (κ2) is 37.4. The summed E-state index contributed by atoms with van der Waals surface area (Å²) in [6, 6.07) is 22.2. The van der Waals surface area contributed by atoms with Crippen LogP contribution < -0.4 is 30.7 Å². The van der Waals surface area contributed by atoms with Gasteiger partial charge in [0.2, 0.25) is 23.6 Å². The van der Waals surface area contributed by atoms with Crippen molar-refractivity contribution in [1.29, 1.82) is 0 Å². The Morgan fingerprint density at radius 1 is 0.545 bits per heavy atom. The van der Waals surface area contributed by atoms with Crippen molar-refractivity contribution in [3.63, 3.8) is 0 Å². The van der Waals surface area contributed by atoms with Crippen molar-refractivity contribution in [2.75, 3.05) is 63.1 Å². The standard InChI is InChI=1S/C32H47N3O4.C31H47N3O4/c1-6-35(23-31(38)34-32-25(4)14-11-15-26(32)5)19-12-20-39-29-21-27(17-18-28(29)36)22-33-30(37)16-10-8-7-9-13-24(2)3;1-5-7-8-9-10-11-16-29(36)32-22-26-17-18-27(35)28(21-26)38-20-13-19-34(6-2)23-30(37)33-31-24(3)14-12-15-25(31)4/h9,11,13-15,17-18,21,24,36H,6-8,10,12,16,19-20,22-23H2,1-5H3,(H,33,37)(H,34,38);12,14-15,17-18,21,35H,5-11,13,16,19-20,22-23H2,1-4H3,(H,32,36)(H,33,37)/b13-9+;. The molecular formula is C63H94N6O8. The van der Waals surface area contributed by atoms with Crippen molar-refractivity contribution in [2.45, 2.75) is 159 Å². The van der Waals surface area contributed by atoms with E-state index in [9.17, 15) is 29.4 Å². The van der Waals surface area contributed by atoms with Crippen LogP contribution in [0.15, 0.2) is 84.9 Å². The molecule has 0 aliphatic heterocycles. The summed E-state index contributed by atoms with van der Waals surface area (Å²) < 4.78 is 11.7.